The quantitative estimate of drug-likeness (QED) is 0.759. The summed E-state index contributed by atoms with van der Waals surface area (Å²) in [6, 6.07) is 19.8. The number of carbonyl (C=O) groups excluding carboxylic acids is 1. The van der Waals surface area contributed by atoms with Gasteiger partial charge in [0.15, 0.2) is 0 Å². The standard InChI is InChI=1S/C20H21N3O/c1-23-14-18(22-15-23)12-13-21-20(24)19(16-8-4-2-5-9-16)17-10-6-3-7-11-17/h2-11,14-15,19H,12-13H2,1H3,(H,21,24). The molecule has 0 radical (unpaired) electrons. The van der Waals surface area contributed by atoms with Gasteiger partial charge in [-0.1, -0.05) is 60.7 Å². The number of imidazole rings is 1. The van der Waals surface area contributed by atoms with Gasteiger partial charge < -0.3 is 9.88 Å². The summed E-state index contributed by atoms with van der Waals surface area (Å²) < 4.78 is 1.91. The molecule has 0 bridgehead atoms. The van der Waals surface area contributed by atoms with E-state index in [1.165, 1.54) is 0 Å². The van der Waals surface area contributed by atoms with Gasteiger partial charge >= 0.3 is 0 Å². The number of nitrogens with zero attached hydrogens (tertiary/aromatic N) is 2. The summed E-state index contributed by atoms with van der Waals surface area (Å²) in [6.07, 6.45) is 4.47. The molecule has 0 spiro atoms. The fourth-order valence-corrected chi connectivity index (χ4v) is 2.80. The topological polar surface area (TPSA) is 46.9 Å². The first-order valence-corrected chi connectivity index (χ1v) is 8.08. The number of nitrogens with one attached hydrogen (secondary N) is 1. The van der Waals surface area contributed by atoms with Crippen LogP contribution in [0.4, 0.5) is 0 Å². The van der Waals surface area contributed by atoms with Crippen molar-refractivity contribution in [2.75, 3.05) is 6.54 Å². The van der Waals surface area contributed by atoms with E-state index < -0.39 is 0 Å². The summed E-state index contributed by atoms with van der Waals surface area (Å²) in [5.41, 5.74) is 2.98. The first-order valence-electron chi connectivity index (χ1n) is 8.08. The monoisotopic (exact) mass is 319 g/mol. The molecule has 0 aliphatic rings. The molecule has 122 valence electrons. The third-order valence-corrected chi connectivity index (χ3v) is 3.97. The van der Waals surface area contributed by atoms with Crippen LogP contribution in [0.15, 0.2) is 73.2 Å². The van der Waals surface area contributed by atoms with E-state index in [1.807, 2.05) is 78.5 Å². The van der Waals surface area contributed by atoms with Gasteiger partial charge in [-0.15, -0.1) is 0 Å². The summed E-state index contributed by atoms with van der Waals surface area (Å²) in [6.45, 7) is 0.575. The van der Waals surface area contributed by atoms with E-state index >= 15 is 0 Å². The maximum absolute atomic E-state index is 12.8. The molecule has 0 fully saturated rings. The van der Waals surface area contributed by atoms with Crippen molar-refractivity contribution in [3.05, 3.63) is 90.0 Å². The van der Waals surface area contributed by atoms with Crippen molar-refractivity contribution in [3.63, 3.8) is 0 Å². The largest absolute Gasteiger partial charge is 0.355 e. The zero-order valence-electron chi connectivity index (χ0n) is 13.7. The van der Waals surface area contributed by atoms with E-state index in [0.717, 1.165) is 23.2 Å². The molecule has 0 atom stereocenters. The Hall–Kier alpha value is -2.88. The number of hydrogen-bond acceptors (Lipinski definition) is 2. The maximum atomic E-state index is 12.8. The molecule has 1 aromatic heterocycles. The van der Waals surface area contributed by atoms with E-state index in [9.17, 15) is 4.79 Å². The van der Waals surface area contributed by atoms with Crippen molar-refractivity contribution >= 4 is 5.91 Å². The van der Waals surface area contributed by atoms with Crippen molar-refractivity contribution in [1.29, 1.82) is 0 Å². The third-order valence-electron chi connectivity index (χ3n) is 3.97. The summed E-state index contributed by atoms with van der Waals surface area (Å²) in [7, 11) is 1.94. The Kier molecular flexibility index (Phi) is 5.06. The molecule has 3 rings (SSSR count). The summed E-state index contributed by atoms with van der Waals surface area (Å²) in [4.78, 5) is 17.1. The lowest BCUT2D eigenvalue weighted by molar-refractivity contribution is -0.121. The van der Waals surface area contributed by atoms with Crippen LogP contribution in [0.5, 0.6) is 0 Å². The number of hydrogen-bond donors (Lipinski definition) is 1. The van der Waals surface area contributed by atoms with Crippen LogP contribution in [-0.2, 0) is 18.3 Å². The van der Waals surface area contributed by atoms with Crippen LogP contribution in [-0.4, -0.2) is 22.0 Å². The van der Waals surface area contributed by atoms with Gasteiger partial charge in [-0.05, 0) is 11.1 Å². The van der Waals surface area contributed by atoms with Gasteiger partial charge in [-0.3, -0.25) is 4.79 Å². The van der Waals surface area contributed by atoms with Crippen LogP contribution in [0, 0.1) is 0 Å². The average Bonchev–Trinajstić information content (AvgIpc) is 3.02. The number of rotatable bonds is 6. The number of amides is 1. The molecule has 1 heterocycles. The molecule has 4 nitrogen and oxygen atoms in total. The molecule has 1 N–H and O–H groups in total. The Morgan fingerprint density at radius 2 is 1.62 bits per heavy atom. The highest BCUT2D eigenvalue weighted by atomic mass is 16.1. The Labute approximate surface area is 142 Å². The summed E-state index contributed by atoms with van der Waals surface area (Å²) in [5.74, 6) is -0.278. The lowest BCUT2D eigenvalue weighted by Gasteiger charge is -2.17. The van der Waals surface area contributed by atoms with Crippen LogP contribution in [0.25, 0.3) is 0 Å². The van der Waals surface area contributed by atoms with Gasteiger partial charge in [-0.2, -0.15) is 0 Å². The lowest BCUT2D eigenvalue weighted by Crippen LogP contribution is -2.31. The molecule has 0 aliphatic carbocycles. The van der Waals surface area contributed by atoms with Crippen LogP contribution in [0.1, 0.15) is 22.7 Å². The molecule has 4 heteroatoms. The summed E-state index contributed by atoms with van der Waals surface area (Å²) >= 11 is 0. The molecule has 0 saturated heterocycles. The highest BCUT2D eigenvalue weighted by Crippen LogP contribution is 2.24. The second-order valence-electron chi connectivity index (χ2n) is 5.83. The molecule has 2 aromatic carbocycles. The first-order chi connectivity index (χ1) is 11.7. The van der Waals surface area contributed by atoms with Crippen molar-refractivity contribution in [2.45, 2.75) is 12.3 Å². The van der Waals surface area contributed by atoms with E-state index in [0.29, 0.717) is 6.54 Å². The highest BCUT2D eigenvalue weighted by Gasteiger charge is 2.22. The number of aromatic nitrogens is 2. The van der Waals surface area contributed by atoms with Crippen LogP contribution in [0.2, 0.25) is 0 Å². The predicted molar refractivity (Wildman–Crippen MR) is 94.6 cm³/mol. The second kappa shape index (κ2) is 7.59. The minimum atomic E-state index is -0.295. The summed E-state index contributed by atoms with van der Waals surface area (Å²) in [5, 5.41) is 3.05. The second-order valence-corrected chi connectivity index (χ2v) is 5.83. The van der Waals surface area contributed by atoms with Gasteiger partial charge in [0.05, 0.1) is 17.9 Å². The van der Waals surface area contributed by atoms with E-state index in [1.54, 1.807) is 6.33 Å². The SMILES string of the molecule is Cn1cnc(CCNC(=O)C(c2ccccc2)c2ccccc2)c1. The Balaban J connectivity index is 1.72. The Morgan fingerprint density at radius 3 is 2.12 bits per heavy atom. The van der Waals surface area contributed by atoms with Crippen LogP contribution >= 0.6 is 0 Å². The predicted octanol–water partition coefficient (Wildman–Crippen LogP) is 2.91. The van der Waals surface area contributed by atoms with E-state index in [-0.39, 0.29) is 11.8 Å². The van der Waals surface area contributed by atoms with Crippen LogP contribution < -0.4 is 5.32 Å². The van der Waals surface area contributed by atoms with Gasteiger partial charge in [0, 0.05) is 26.2 Å². The zero-order chi connectivity index (χ0) is 16.8. The third kappa shape index (κ3) is 3.90. The number of carbonyl (C=O) groups is 1. The molecular formula is C20H21N3O. The van der Waals surface area contributed by atoms with Gasteiger partial charge in [0.2, 0.25) is 5.91 Å². The van der Waals surface area contributed by atoms with Crippen molar-refractivity contribution in [2.24, 2.45) is 7.05 Å². The number of benzene rings is 2. The maximum Gasteiger partial charge on any atom is 0.232 e. The van der Waals surface area contributed by atoms with Gasteiger partial charge in [0.25, 0.3) is 0 Å². The molecule has 24 heavy (non-hydrogen) atoms. The van der Waals surface area contributed by atoms with Gasteiger partial charge in [-0.25, -0.2) is 4.98 Å². The van der Waals surface area contributed by atoms with Crippen LogP contribution in [0.3, 0.4) is 0 Å². The average molecular weight is 319 g/mol. The fourth-order valence-electron chi connectivity index (χ4n) is 2.80. The molecule has 3 aromatic rings. The lowest BCUT2D eigenvalue weighted by atomic mass is 9.90. The van der Waals surface area contributed by atoms with Crippen molar-refractivity contribution in [1.82, 2.24) is 14.9 Å². The molecule has 0 unspecified atom stereocenters. The minimum absolute atomic E-state index is 0.0170. The zero-order valence-corrected chi connectivity index (χ0v) is 13.7. The normalized spacial score (nSPS) is 10.8. The smallest absolute Gasteiger partial charge is 0.232 e. The minimum Gasteiger partial charge on any atom is -0.355 e. The van der Waals surface area contributed by atoms with Crippen molar-refractivity contribution in [3.8, 4) is 0 Å². The van der Waals surface area contributed by atoms with Crippen molar-refractivity contribution < 1.29 is 4.79 Å². The fraction of sp³-hybridized carbons (Fsp3) is 0.200. The van der Waals surface area contributed by atoms with E-state index in [2.05, 4.69) is 10.3 Å². The molecular weight excluding hydrogens is 298 g/mol. The molecule has 0 saturated carbocycles. The Morgan fingerprint density at radius 1 is 1.04 bits per heavy atom. The first kappa shape index (κ1) is 16.0. The van der Waals surface area contributed by atoms with Gasteiger partial charge in [0.1, 0.15) is 0 Å². The molecule has 1 amide bonds. The van der Waals surface area contributed by atoms with E-state index in [4.69, 9.17) is 0 Å². The highest BCUT2D eigenvalue weighted by molar-refractivity contribution is 5.87. The Bertz CT molecular complexity index is 741. The number of aryl methyl sites for hydroxylation is 1. The molecule has 0 aliphatic heterocycles.